The first kappa shape index (κ1) is 29.4. The lowest BCUT2D eigenvalue weighted by Crippen LogP contribution is -2.28. The minimum atomic E-state index is -0.836. The molecule has 3 aromatic rings. The van der Waals surface area contributed by atoms with Crippen LogP contribution in [0.5, 0.6) is 0 Å². The predicted molar refractivity (Wildman–Crippen MR) is 169 cm³/mol. The van der Waals surface area contributed by atoms with Crippen LogP contribution in [0, 0.1) is 11.8 Å². The van der Waals surface area contributed by atoms with E-state index in [2.05, 4.69) is 93.2 Å². The molecule has 0 aromatic heterocycles. The summed E-state index contributed by atoms with van der Waals surface area (Å²) in [6.45, 7) is 8.31. The van der Waals surface area contributed by atoms with Crippen molar-refractivity contribution in [1.82, 2.24) is 0 Å². The first-order valence-electron chi connectivity index (χ1n) is 14.2. The number of esters is 1. The molecule has 0 spiro atoms. The molecule has 0 fully saturated rings. The Balaban J connectivity index is 1.65. The van der Waals surface area contributed by atoms with Crippen molar-refractivity contribution in [2.75, 3.05) is 0 Å². The van der Waals surface area contributed by atoms with Crippen molar-refractivity contribution in [3.8, 4) is 0 Å². The lowest BCUT2D eigenvalue weighted by molar-refractivity contribution is -0.151. The molecular weight excluding hydrogens is 511 g/mol. The van der Waals surface area contributed by atoms with Crippen molar-refractivity contribution in [2.45, 2.75) is 52.1 Å². The first-order chi connectivity index (χ1) is 19.5. The number of hydrogen-bond donors (Lipinski definition) is 0. The zero-order valence-electron chi connectivity index (χ0n) is 23.5. The minimum Gasteiger partial charge on any atom is -0.461 e. The Hall–Kier alpha value is -3.55. The summed E-state index contributed by atoms with van der Waals surface area (Å²) in [5, 5.41) is 3.75. The van der Waals surface area contributed by atoms with E-state index in [0.29, 0.717) is 19.3 Å². The Kier molecular flexibility index (Phi) is 10.8. The maximum absolute atomic E-state index is 13.7. The van der Waals surface area contributed by atoms with Gasteiger partial charge in [-0.1, -0.05) is 136 Å². The van der Waals surface area contributed by atoms with Crippen LogP contribution in [0.2, 0.25) is 0 Å². The third-order valence-corrected chi connectivity index (χ3v) is 10.1. The molecule has 1 unspecified atom stereocenters. The Labute approximate surface area is 240 Å². The molecule has 4 heteroatoms. The van der Waals surface area contributed by atoms with Gasteiger partial charge in [0.2, 0.25) is 0 Å². The molecule has 0 radical (unpaired) electrons. The maximum atomic E-state index is 13.7. The van der Waals surface area contributed by atoms with Gasteiger partial charge in [0.05, 0.1) is 0 Å². The van der Waals surface area contributed by atoms with Gasteiger partial charge in [-0.2, -0.15) is 0 Å². The largest absolute Gasteiger partial charge is 0.461 e. The van der Waals surface area contributed by atoms with Crippen molar-refractivity contribution in [3.63, 3.8) is 0 Å². The summed E-state index contributed by atoms with van der Waals surface area (Å²) in [6.07, 6.45) is 10.1. The maximum Gasteiger partial charge on any atom is 0.317 e. The summed E-state index contributed by atoms with van der Waals surface area (Å²) in [5.41, 5.74) is 3.10. The second kappa shape index (κ2) is 14.7. The zero-order chi connectivity index (χ0) is 28.3. The summed E-state index contributed by atoms with van der Waals surface area (Å²) >= 11 is 0. The van der Waals surface area contributed by atoms with Crippen molar-refractivity contribution in [1.29, 1.82) is 0 Å². The number of aldehydes is 1. The van der Waals surface area contributed by atoms with E-state index in [1.54, 1.807) is 0 Å². The summed E-state index contributed by atoms with van der Waals surface area (Å²) < 4.78 is 6.20. The normalized spacial score (nSPS) is 15.9. The SMILES string of the molecule is C=C(CC)C[C@H](C[C@H](CC)CC=O)OC(=O)C1C=CC=C1c1ccccc1P(c1ccccc1)c1ccccc1. The molecule has 3 nitrogen and oxygen atoms in total. The lowest BCUT2D eigenvalue weighted by Gasteiger charge is -2.26. The van der Waals surface area contributed by atoms with Gasteiger partial charge in [0.15, 0.2) is 0 Å². The van der Waals surface area contributed by atoms with Crippen LogP contribution in [0.3, 0.4) is 0 Å². The van der Waals surface area contributed by atoms with Crippen molar-refractivity contribution in [2.24, 2.45) is 11.8 Å². The second-order valence-corrected chi connectivity index (χ2v) is 12.5. The Morgan fingerprint density at radius 2 is 1.57 bits per heavy atom. The van der Waals surface area contributed by atoms with Crippen LogP contribution >= 0.6 is 7.92 Å². The number of hydrogen-bond acceptors (Lipinski definition) is 3. The van der Waals surface area contributed by atoms with E-state index in [4.69, 9.17) is 4.74 Å². The average Bonchev–Trinajstić information content (AvgIpc) is 3.48. The molecule has 0 bridgehead atoms. The van der Waals surface area contributed by atoms with Crippen LogP contribution in [0.4, 0.5) is 0 Å². The lowest BCUT2D eigenvalue weighted by atomic mass is 9.92. The number of benzene rings is 3. The molecule has 4 rings (SSSR count). The van der Waals surface area contributed by atoms with Crippen molar-refractivity contribution >= 4 is 41.7 Å². The molecule has 206 valence electrons. The predicted octanol–water partition coefficient (Wildman–Crippen LogP) is 7.29. The quantitative estimate of drug-likeness (QED) is 0.0917. The standard InChI is InChI=1S/C36H39O3P/c1-4-27(3)25-29(26-28(5-2)23-24-37)39-36(38)34-21-14-20-32(34)33-19-12-13-22-35(33)40(30-15-8-6-9-16-30)31-17-10-7-11-18-31/h6-22,24,28-29,34H,3-5,23,25-26H2,1-2H3/t28-,29-,34?/m1/s1. The number of carbonyl (C=O) groups is 2. The van der Waals surface area contributed by atoms with Gasteiger partial charge in [0, 0.05) is 12.8 Å². The molecule has 0 saturated heterocycles. The number of allylic oxidation sites excluding steroid dienone is 2. The molecule has 0 saturated carbocycles. The monoisotopic (exact) mass is 550 g/mol. The van der Waals surface area contributed by atoms with Gasteiger partial charge in [-0.25, -0.2) is 0 Å². The third kappa shape index (κ3) is 7.34. The van der Waals surface area contributed by atoms with Crippen LogP contribution in [-0.4, -0.2) is 18.4 Å². The average molecular weight is 551 g/mol. The summed E-state index contributed by atoms with van der Waals surface area (Å²) in [6, 6.07) is 29.7. The van der Waals surface area contributed by atoms with Crippen molar-refractivity contribution < 1.29 is 14.3 Å². The molecule has 0 aliphatic heterocycles. The molecule has 0 amide bonds. The number of ether oxygens (including phenoxy) is 1. The fourth-order valence-electron chi connectivity index (χ4n) is 5.25. The summed E-state index contributed by atoms with van der Waals surface area (Å²) in [7, 11) is -0.836. The van der Waals surface area contributed by atoms with Crippen LogP contribution in [0.15, 0.2) is 115 Å². The minimum absolute atomic E-state index is 0.190. The van der Waals surface area contributed by atoms with Crippen LogP contribution in [0.25, 0.3) is 5.57 Å². The molecule has 40 heavy (non-hydrogen) atoms. The Bertz CT molecular complexity index is 1300. The molecular formula is C36H39O3P. The zero-order valence-corrected chi connectivity index (χ0v) is 24.4. The molecule has 3 atom stereocenters. The molecule has 0 heterocycles. The highest BCUT2D eigenvalue weighted by molar-refractivity contribution is 7.80. The number of rotatable bonds is 14. The molecule has 1 aliphatic rings. The van der Waals surface area contributed by atoms with Crippen LogP contribution in [-0.2, 0) is 14.3 Å². The van der Waals surface area contributed by atoms with E-state index >= 15 is 0 Å². The van der Waals surface area contributed by atoms with Gasteiger partial charge in [0.1, 0.15) is 18.3 Å². The summed E-state index contributed by atoms with van der Waals surface area (Å²) in [5.74, 6) is -0.531. The van der Waals surface area contributed by atoms with Gasteiger partial charge in [-0.3, -0.25) is 4.79 Å². The van der Waals surface area contributed by atoms with E-state index in [0.717, 1.165) is 35.8 Å². The first-order valence-corrected chi connectivity index (χ1v) is 15.6. The van der Waals surface area contributed by atoms with E-state index in [9.17, 15) is 9.59 Å². The van der Waals surface area contributed by atoms with Crippen molar-refractivity contribution in [3.05, 3.63) is 121 Å². The second-order valence-electron chi connectivity index (χ2n) is 10.3. The topological polar surface area (TPSA) is 43.4 Å². The van der Waals surface area contributed by atoms with E-state index in [1.807, 2.05) is 30.4 Å². The molecule has 1 aliphatic carbocycles. The molecule has 0 N–H and O–H groups in total. The van der Waals surface area contributed by atoms with Gasteiger partial charge in [-0.05, 0) is 53.7 Å². The van der Waals surface area contributed by atoms with Gasteiger partial charge in [-0.15, -0.1) is 0 Å². The summed E-state index contributed by atoms with van der Waals surface area (Å²) in [4.78, 5) is 25.0. The van der Waals surface area contributed by atoms with E-state index in [-0.39, 0.29) is 18.0 Å². The van der Waals surface area contributed by atoms with Gasteiger partial charge >= 0.3 is 5.97 Å². The molecule has 3 aromatic carbocycles. The number of carbonyl (C=O) groups excluding carboxylic acids is 2. The highest BCUT2D eigenvalue weighted by Gasteiger charge is 2.31. The Morgan fingerprint density at radius 3 is 2.17 bits per heavy atom. The Morgan fingerprint density at radius 1 is 0.950 bits per heavy atom. The highest BCUT2D eigenvalue weighted by atomic mass is 31.1. The van der Waals surface area contributed by atoms with E-state index in [1.165, 1.54) is 15.9 Å². The smallest absolute Gasteiger partial charge is 0.317 e. The fourth-order valence-corrected chi connectivity index (χ4v) is 7.72. The highest BCUT2D eigenvalue weighted by Crippen LogP contribution is 2.39. The van der Waals surface area contributed by atoms with E-state index < -0.39 is 13.8 Å². The van der Waals surface area contributed by atoms with Gasteiger partial charge < -0.3 is 9.53 Å². The van der Waals surface area contributed by atoms with Crippen LogP contribution in [0.1, 0.15) is 51.5 Å². The van der Waals surface area contributed by atoms with Gasteiger partial charge in [0.25, 0.3) is 0 Å². The third-order valence-electron chi connectivity index (χ3n) is 7.56. The fraction of sp³-hybridized carbons (Fsp3) is 0.278. The van der Waals surface area contributed by atoms with Crippen LogP contribution < -0.4 is 15.9 Å².